The van der Waals surface area contributed by atoms with E-state index in [0.717, 1.165) is 53.6 Å². The van der Waals surface area contributed by atoms with Crippen molar-refractivity contribution >= 4 is 11.6 Å². The Morgan fingerprint density at radius 2 is 1.37 bits per heavy atom. The summed E-state index contributed by atoms with van der Waals surface area (Å²) in [5.74, 6) is 7.27. The van der Waals surface area contributed by atoms with Crippen molar-refractivity contribution in [2.24, 2.45) is 0 Å². The fourth-order valence-corrected chi connectivity index (χ4v) is 3.84. The fraction of sp³-hybridized carbons (Fsp3) is 0.355. The second kappa shape index (κ2) is 15.3. The summed E-state index contributed by atoms with van der Waals surface area (Å²) in [6.07, 6.45) is 5.21. The van der Waals surface area contributed by atoms with Crippen molar-refractivity contribution in [3.63, 3.8) is 0 Å². The van der Waals surface area contributed by atoms with Crippen LogP contribution in [0.1, 0.15) is 60.4 Å². The molecule has 0 unspecified atom stereocenters. The number of benzene rings is 3. The number of nitrogens with one attached hydrogen (secondary N) is 2. The maximum absolute atomic E-state index is 5.97. The van der Waals surface area contributed by atoms with E-state index in [2.05, 4.69) is 66.7 Å². The van der Waals surface area contributed by atoms with Crippen molar-refractivity contribution < 1.29 is 4.74 Å². The number of ether oxygens (including phenoxy) is 1. The molecule has 0 amide bonds. The van der Waals surface area contributed by atoms with Crippen LogP contribution in [0.15, 0.2) is 66.7 Å². The standard InChI is InChI=1S/C31H37ClN2O/c1-3-4-5-6-19-33-23-28-9-11-29(12-10-28)24-34-20-21-35-31-18-15-27(22-25(31)2)8-7-26-13-16-30(32)17-14-26/h9-18,22,33-34H,3-6,19-21,23-24H2,1-2H3. The van der Waals surface area contributed by atoms with E-state index >= 15 is 0 Å². The van der Waals surface area contributed by atoms with Gasteiger partial charge in [-0.2, -0.15) is 0 Å². The molecule has 0 bridgehead atoms. The van der Waals surface area contributed by atoms with E-state index in [0.29, 0.717) is 6.61 Å². The zero-order chi connectivity index (χ0) is 24.7. The van der Waals surface area contributed by atoms with Crippen LogP contribution in [-0.2, 0) is 13.1 Å². The molecular weight excluding hydrogens is 452 g/mol. The molecule has 35 heavy (non-hydrogen) atoms. The molecule has 0 aromatic heterocycles. The average molecular weight is 489 g/mol. The van der Waals surface area contributed by atoms with E-state index in [1.54, 1.807) is 0 Å². The van der Waals surface area contributed by atoms with Crippen LogP contribution < -0.4 is 15.4 Å². The molecule has 4 heteroatoms. The molecule has 0 atom stereocenters. The highest BCUT2D eigenvalue weighted by molar-refractivity contribution is 6.30. The largest absolute Gasteiger partial charge is 0.492 e. The van der Waals surface area contributed by atoms with Crippen LogP contribution in [0.2, 0.25) is 5.02 Å². The fourth-order valence-electron chi connectivity index (χ4n) is 3.72. The molecule has 2 N–H and O–H groups in total. The van der Waals surface area contributed by atoms with Gasteiger partial charge in [0.05, 0.1) is 0 Å². The number of halogens is 1. The Labute approximate surface area is 216 Å². The van der Waals surface area contributed by atoms with Gasteiger partial charge in [0, 0.05) is 35.8 Å². The van der Waals surface area contributed by atoms with Crippen LogP contribution in [0.5, 0.6) is 5.75 Å². The number of unbranched alkanes of at least 4 members (excludes halogenated alkanes) is 3. The Kier molecular flexibility index (Phi) is 11.7. The molecule has 3 aromatic rings. The van der Waals surface area contributed by atoms with Gasteiger partial charge in [0.2, 0.25) is 0 Å². The second-order valence-corrected chi connectivity index (χ2v) is 9.25. The first kappa shape index (κ1) is 26.8. The van der Waals surface area contributed by atoms with E-state index in [-0.39, 0.29) is 0 Å². The summed E-state index contributed by atoms with van der Waals surface area (Å²) in [6.45, 7) is 8.60. The molecule has 3 aromatic carbocycles. The number of rotatable bonds is 13. The van der Waals surface area contributed by atoms with Gasteiger partial charge in [0.25, 0.3) is 0 Å². The molecule has 0 aliphatic carbocycles. The Morgan fingerprint density at radius 3 is 2.03 bits per heavy atom. The zero-order valence-corrected chi connectivity index (χ0v) is 21.8. The van der Waals surface area contributed by atoms with Gasteiger partial charge in [-0.1, -0.05) is 73.9 Å². The first-order chi connectivity index (χ1) is 17.1. The summed E-state index contributed by atoms with van der Waals surface area (Å²) in [4.78, 5) is 0. The lowest BCUT2D eigenvalue weighted by Crippen LogP contribution is -2.20. The SMILES string of the molecule is CCCCCCNCc1ccc(CNCCOc2ccc(C#Cc3ccc(Cl)cc3)cc2C)cc1. The summed E-state index contributed by atoms with van der Waals surface area (Å²) >= 11 is 5.93. The second-order valence-electron chi connectivity index (χ2n) is 8.82. The summed E-state index contributed by atoms with van der Waals surface area (Å²) in [5, 5.41) is 7.72. The summed E-state index contributed by atoms with van der Waals surface area (Å²) in [5.41, 5.74) is 5.63. The van der Waals surface area contributed by atoms with E-state index in [1.807, 2.05) is 36.4 Å². The quantitative estimate of drug-likeness (QED) is 0.203. The smallest absolute Gasteiger partial charge is 0.122 e. The van der Waals surface area contributed by atoms with Crippen LogP contribution in [0, 0.1) is 18.8 Å². The van der Waals surface area contributed by atoms with E-state index in [4.69, 9.17) is 16.3 Å². The van der Waals surface area contributed by atoms with Crippen LogP contribution in [0.25, 0.3) is 0 Å². The zero-order valence-electron chi connectivity index (χ0n) is 21.0. The maximum atomic E-state index is 5.97. The lowest BCUT2D eigenvalue weighted by molar-refractivity contribution is 0.311. The van der Waals surface area contributed by atoms with Gasteiger partial charge in [-0.15, -0.1) is 0 Å². The lowest BCUT2D eigenvalue weighted by Gasteiger charge is -2.11. The van der Waals surface area contributed by atoms with Gasteiger partial charge in [0.15, 0.2) is 0 Å². The van der Waals surface area contributed by atoms with Gasteiger partial charge < -0.3 is 15.4 Å². The minimum Gasteiger partial charge on any atom is -0.492 e. The number of hydrogen-bond donors (Lipinski definition) is 2. The topological polar surface area (TPSA) is 33.3 Å². The molecule has 0 aliphatic rings. The minimum atomic E-state index is 0.622. The van der Waals surface area contributed by atoms with Crippen LogP contribution in [0.3, 0.4) is 0 Å². The summed E-state index contributed by atoms with van der Waals surface area (Å²) in [7, 11) is 0. The van der Waals surface area contributed by atoms with Crippen LogP contribution in [0.4, 0.5) is 0 Å². The summed E-state index contributed by atoms with van der Waals surface area (Å²) < 4.78 is 5.97. The highest BCUT2D eigenvalue weighted by Crippen LogP contribution is 2.19. The van der Waals surface area contributed by atoms with Crippen molar-refractivity contribution in [1.29, 1.82) is 0 Å². The molecule has 0 saturated carbocycles. The number of hydrogen-bond acceptors (Lipinski definition) is 3. The van der Waals surface area contributed by atoms with Gasteiger partial charge in [-0.05, 0) is 79.0 Å². The van der Waals surface area contributed by atoms with Crippen molar-refractivity contribution in [3.8, 4) is 17.6 Å². The first-order valence-electron chi connectivity index (χ1n) is 12.6. The number of aryl methyl sites for hydroxylation is 1. The first-order valence-corrected chi connectivity index (χ1v) is 13.0. The van der Waals surface area contributed by atoms with Crippen molar-refractivity contribution in [1.82, 2.24) is 10.6 Å². The monoisotopic (exact) mass is 488 g/mol. The molecule has 3 nitrogen and oxygen atoms in total. The molecule has 184 valence electrons. The van der Waals surface area contributed by atoms with Gasteiger partial charge in [0.1, 0.15) is 12.4 Å². The lowest BCUT2D eigenvalue weighted by atomic mass is 10.1. The predicted molar refractivity (Wildman–Crippen MR) is 148 cm³/mol. The minimum absolute atomic E-state index is 0.622. The molecule has 0 radical (unpaired) electrons. The van der Waals surface area contributed by atoms with Gasteiger partial charge >= 0.3 is 0 Å². The third kappa shape index (κ3) is 10.2. The van der Waals surface area contributed by atoms with Gasteiger partial charge in [-0.3, -0.25) is 0 Å². The predicted octanol–water partition coefficient (Wildman–Crippen LogP) is 6.89. The normalized spacial score (nSPS) is 10.6. The molecule has 0 aliphatic heterocycles. The van der Waals surface area contributed by atoms with E-state index < -0.39 is 0 Å². The molecule has 0 saturated heterocycles. The van der Waals surface area contributed by atoms with Crippen LogP contribution >= 0.6 is 11.6 Å². The third-order valence-electron chi connectivity index (χ3n) is 5.80. The molecule has 3 rings (SSSR count). The molecule has 0 fully saturated rings. The van der Waals surface area contributed by atoms with Gasteiger partial charge in [-0.25, -0.2) is 0 Å². The molecule has 0 spiro atoms. The highest BCUT2D eigenvalue weighted by Gasteiger charge is 2.01. The Hall–Kier alpha value is -2.77. The van der Waals surface area contributed by atoms with Crippen molar-refractivity contribution in [2.45, 2.75) is 52.6 Å². The van der Waals surface area contributed by atoms with E-state index in [1.165, 1.54) is 36.8 Å². The summed E-state index contributed by atoms with van der Waals surface area (Å²) in [6, 6.07) is 22.5. The Morgan fingerprint density at radius 1 is 0.743 bits per heavy atom. The highest BCUT2D eigenvalue weighted by atomic mass is 35.5. The maximum Gasteiger partial charge on any atom is 0.122 e. The Balaban J connectivity index is 1.34. The average Bonchev–Trinajstić information content (AvgIpc) is 2.87. The van der Waals surface area contributed by atoms with Crippen molar-refractivity contribution in [3.05, 3.63) is 99.6 Å². The van der Waals surface area contributed by atoms with E-state index in [9.17, 15) is 0 Å². The molecule has 0 heterocycles. The van der Waals surface area contributed by atoms with Crippen LogP contribution in [-0.4, -0.2) is 19.7 Å². The Bertz CT molecular complexity index is 1080. The molecular formula is C31H37ClN2O. The van der Waals surface area contributed by atoms with Crippen molar-refractivity contribution in [2.75, 3.05) is 19.7 Å². The third-order valence-corrected chi connectivity index (χ3v) is 6.05.